The first-order valence-corrected chi connectivity index (χ1v) is 11.0. The summed E-state index contributed by atoms with van der Waals surface area (Å²) < 4.78 is 18.6. The number of carbonyl (C=O) groups is 2. The van der Waals surface area contributed by atoms with Crippen LogP contribution in [-0.2, 0) is 23.8 Å². The average Bonchev–Trinajstić information content (AvgIpc) is 3.40. The molecular weight excluding hydrogens is 386 g/mol. The third-order valence-corrected chi connectivity index (χ3v) is 6.48. The Bertz CT molecular complexity index is 795. The molecule has 0 aliphatic carbocycles. The number of ether oxygens (including phenoxy) is 3. The topological polar surface area (TPSA) is 82.9 Å². The average molecular weight is 420 g/mol. The summed E-state index contributed by atoms with van der Waals surface area (Å²) in [4.78, 5) is 28.2. The summed E-state index contributed by atoms with van der Waals surface area (Å²) in [6.07, 6.45) is 6.92. The van der Waals surface area contributed by atoms with Gasteiger partial charge in [0.1, 0.15) is 17.4 Å². The molecule has 8 nitrogen and oxygen atoms in total. The molecule has 0 bridgehead atoms. The summed E-state index contributed by atoms with van der Waals surface area (Å²) in [5.41, 5.74) is -0.604. The summed E-state index contributed by atoms with van der Waals surface area (Å²) >= 11 is 0. The summed E-state index contributed by atoms with van der Waals surface area (Å²) in [6, 6.07) is 1.64. The van der Waals surface area contributed by atoms with Gasteiger partial charge < -0.3 is 14.2 Å². The second kappa shape index (κ2) is 7.96. The molecule has 3 saturated heterocycles. The van der Waals surface area contributed by atoms with Gasteiger partial charge in [0.15, 0.2) is 0 Å². The van der Waals surface area contributed by atoms with E-state index in [4.69, 9.17) is 19.3 Å². The lowest BCUT2D eigenvalue weighted by Crippen LogP contribution is -2.49. The Morgan fingerprint density at radius 3 is 2.73 bits per heavy atom. The van der Waals surface area contributed by atoms with E-state index in [1.165, 1.54) is 7.11 Å². The van der Waals surface area contributed by atoms with Gasteiger partial charge >= 0.3 is 11.9 Å². The summed E-state index contributed by atoms with van der Waals surface area (Å²) in [6.45, 7) is 7.08. The molecule has 4 heterocycles. The molecule has 1 aromatic heterocycles. The van der Waals surface area contributed by atoms with Gasteiger partial charge in [-0.25, -0.2) is 4.68 Å². The molecule has 0 aromatic carbocycles. The maximum absolute atomic E-state index is 13.3. The van der Waals surface area contributed by atoms with Crippen LogP contribution < -0.4 is 0 Å². The summed E-state index contributed by atoms with van der Waals surface area (Å²) in [5, 5.41) is 4.80. The van der Waals surface area contributed by atoms with Gasteiger partial charge in [-0.05, 0) is 65.4 Å². The van der Waals surface area contributed by atoms with Crippen molar-refractivity contribution in [1.29, 1.82) is 0 Å². The standard InChI is InChI=1S/C22H33N3O5/c1-21(2,3)30-20(27)22-10-7-11-24(22)18(15(14-22)19(26)28-4)16-9-12-25(23-16)17-8-5-6-13-29-17/h9,12,15,17-18H,5-8,10-11,13-14H2,1-4H3/t15-,17?,18+,22+/m1/s1. The maximum atomic E-state index is 13.3. The van der Waals surface area contributed by atoms with E-state index < -0.39 is 17.1 Å². The highest BCUT2D eigenvalue weighted by Gasteiger charge is 2.62. The van der Waals surface area contributed by atoms with E-state index in [2.05, 4.69) is 4.90 Å². The number of methoxy groups -OCH3 is 1. The second-order valence-electron chi connectivity index (χ2n) is 9.65. The number of rotatable bonds is 4. The van der Waals surface area contributed by atoms with Crippen molar-refractivity contribution >= 4 is 11.9 Å². The zero-order chi connectivity index (χ0) is 21.5. The monoisotopic (exact) mass is 419 g/mol. The van der Waals surface area contributed by atoms with Gasteiger partial charge in [0.05, 0.1) is 24.8 Å². The Balaban J connectivity index is 1.66. The molecule has 0 radical (unpaired) electrons. The highest BCUT2D eigenvalue weighted by atomic mass is 16.6. The van der Waals surface area contributed by atoms with Crippen molar-refractivity contribution in [2.75, 3.05) is 20.3 Å². The van der Waals surface area contributed by atoms with Crippen molar-refractivity contribution in [2.24, 2.45) is 5.92 Å². The number of nitrogens with zero attached hydrogens (tertiary/aromatic N) is 3. The smallest absolute Gasteiger partial charge is 0.327 e. The van der Waals surface area contributed by atoms with E-state index >= 15 is 0 Å². The van der Waals surface area contributed by atoms with Crippen molar-refractivity contribution in [3.63, 3.8) is 0 Å². The number of aromatic nitrogens is 2. The van der Waals surface area contributed by atoms with E-state index in [1.54, 1.807) is 0 Å². The zero-order valence-electron chi connectivity index (χ0n) is 18.4. The van der Waals surface area contributed by atoms with Crippen molar-refractivity contribution in [1.82, 2.24) is 14.7 Å². The molecule has 8 heteroatoms. The van der Waals surface area contributed by atoms with Crippen molar-refractivity contribution in [3.8, 4) is 0 Å². The predicted octanol–water partition coefficient (Wildman–Crippen LogP) is 2.99. The molecule has 4 rings (SSSR count). The largest absolute Gasteiger partial charge is 0.469 e. The van der Waals surface area contributed by atoms with Gasteiger partial charge in [-0.1, -0.05) is 0 Å². The molecule has 0 amide bonds. The lowest BCUT2D eigenvalue weighted by molar-refractivity contribution is -0.167. The van der Waals surface area contributed by atoms with Gasteiger partial charge in [0.2, 0.25) is 0 Å². The first-order chi connectivity index (χ1) is 14.2. The SMILES string of the molecule is COC(=O)[C@@H]1C[C@]2(C(=O)OC(C)(C)C)CCCN2[C@@H]1c1ccn(C2CCCCO2)n1. The molecule has 3 fully saturated rings. The second-order valence-corrected chi connectivity index (χ2v) is 9.65. The minimum absolute atomic E-state index is 0.0697. The van der Waals surface area contributed by atoms with Crippen LogP contribution >= 0.6 is 0 Å². The molecule has 30 heavy (non-hydrogen) atoms. The first-order valence-electron chi connectivity index (χ1n) is 11.0. The quantitative estimate of drug-likeness (QED) is 0.694. The fourth-order valence-corrected chi connectivity index (χ4v) is 5.23. The van der Waals surface area contributed by atoms with Crippen molar-refractivity contribution in [3.05, 3.63) is 18.0 Å². The zero-order valence-corrected chi connectivity index (χ0v) is 18.4. The van der Waals surface area contributed by atoms with Gasteiger partial charge in [-0.2, -0.15) is 5.10 Å². The van der Waals surface area contributed by atoms with Gasteiger partial charge in [-0.3, -0.25) is 14.5 Å². The minimum Gasteiger partial charge on any atom is -0.469 e. The number of hydrogen-bond acceptors (Lipinski definition) is 7. The molecule has 3 aliphatic heterocycles. The Morgan fingerprint density at radius 1 is 1.27 bits per heavy atom. The van der Waals surface area contributed by atoms with E-state index in [-0.39, 0.29) is 24.2 Å². The van der Waals surface area contributed by atoms with Crippen LogP contribution in [0.4, 0.5) is 0 Å². The van der Waals surface area contributed by atoms with E-state index in [9.17, 15) is 9.59 Å². The molecule has 1 unspecified atom stereocenters. The molecule has 0 saturated carbocycles. The van der Waals surface area contributed by atoms with Gasteiger partial charge in [-0.15, -0.1) is 0 Å². The van der Waals surface area contributed by atoms with Crippen LogP contribution in [0.3, 0.4) is 0 Å². The Labute approximate surface area is 177 Å². The Morgan fingerprint density at radius 2 is 2.07 bits per heavy atom. The predicted molar refractivity (Wildman–Crippen MR) is 108 cm³/mol. The third-order valence-electron chi connectivity index (χ3n) is 6.48. The van der Waals surface area contributed by atoms with Crippen LogP contribution in [-0.4, -0.2) is 58.0 Å². The van der Waals surface area contributed by atoms with Crippen LogP contribution in [0.2, 0.25) is 0 Å². The molecule has 1 aromatic rings. The lowest BCUT2D eigenvalue weighted by atomic mass is 9.88. The van der Waals surface area contributed by atoms with E-state index in [0.29, 0.717) is 12.8 Å². The number of carbonyl (C=O) groups excluding carboxylic acids is 2. The van der Waals surface area contributed by atoms with Crippen LogP contribution in [0.15, 0.2) is 12.3 Å². The van der Waals surface area contributed by atoms with Gasteiger partial charge in [0, 0.05) is 19.3 Å². The number of esters is 2. The molecule has 166 valence electrons. The molecule has 0 spiro atoms. The van der Waals surface area contributed by atoms with Crippen molar-refractivity contribution in [2.45, 2.75) is 82.7 Å². The van der Waals surface area contributed by atoms with E-state index in [1.807, 2.05) is 37.7 Å². The molecular formula is C22H33N3O5. The highest BCUT2D eigenvalue weighted by Crippen LogP contribution is 2.53. The fraction of sp³-hybridized carbons (Fsp3) is 0.773. The van der Waals surface area contributed by atoms with E-state index in [0.717, 1.165) is 44.5 Å². The van der Waals surface area contributed by atoms with Crippen LogP contribution in [0.1, 0.15) is 77.3 Å². The first kappa shape index (κ1) is 21.3. The summed E-state index contributed by atoms with van der Waals surface area (Å²) in [5.74, 6) is -1.02. The van der Waals surface area contributed by atoms with Crippen LogP contribution in [0.25, 0.3) is 0 Å². The summed E-state index contributed by atoms with van der Waals surface area (Å²) in [7, 11) is 1.40. The normalized spacial score (nSPS) is 32.1. The van der Waals surface area contributed by atoms with Crippen molar-refractivity contribution < 1.29 is 23.8 Å². The highest BCUT2D eigenvalue weighted by molar-refractivity contribution is 5.85. The Hall–Kier alpha value is -1.93. The maximum Gasteiger partial charge on any atom is 0.327 e. The molecule has 0 N–H and O–H groups in total. The fourth-order valence-electron chi connectivity index (χ4n) is 5.23. The third kappa shape index (κ3) is 3.75. The molecule has 3 aliphatic rings. The molecule has 4 atom stereocenters. The lowest BCUT2D eigenvalue weighted by Gasteiger charge is -2.34. The number of hydrogen-bond donors (Lipinski definition) is 0. The number of fused-ring (bicyclic) bond motifs is 1. The minimum atomic E-state index is -0.804. The van der Waals surface area contributed by atoms with Crippen LogP contribution in [0, 0.1) is 5.92 Å². The van der Waals surface area contributed by atoms with Gasteiger partial charge in [0.25, 0.3) is 0 Å². The Kier molecular flexibility index (Phi) is 5.66. The van der Waals surface area contributed by atoms with Crippen LogP contribution in [0.5, 0.6) is 0 Å².